The van der Waals surface area contributed by atoms with E-state index in [1.165, 1.54) is 11.3 Å². The zero-order valence-electron chi connectivity index (χ0n) is 15.3. The van der Waals surface area contributed by atoms with Crippen LogP contribution in [0, 0.1) is 0 Å². The van der Waals surface area contributed by atoms with Gasteiger partial charge in [-0.25, -0.2) is 4.98 Å². The first-order chi connectivity index (χ1) is 14.2. The Bertz CT molecular complexity index is 1090. The van der Waals surface area contributed by atoms with Gasteiger partial charge in [0.25, 0.3) is 0 Å². The molecule has 4 nitrogen and oxygen atoms in total. The van der Waals surface area contributed by atoms with Crippen molar-refractivity contribution in [3.8, 4) is 16.2 Å². The van der Waals surface area contributed by atoms with Gasteiger partial charge in [-0.05, 0) is 41.8 Å². The molecule has 0 saturated heterocycles. The minimum atomic E-state index is -0.0931. The van der Waals surface area contributed by atoms with Crippen molar-refractivity contribution in [3.63, 3.8) is 0 Å². The number of benzene rings is 2. The van der Waals surface area contributed by atoms with E-state index in [1.807, 2.05) is 59.3 Å². The normalized spacial score (nSPS) is 10.7. The van der Waals surface area contributed by atoms with Gasteiger partial charge < -0.3 is 10.1 Å². The van der Waals surface area contributed by atoms with Crippen LogP contribution in [-0.2, 0) is 17.8 Å². The minimum absolute atomic E-state index is 0.0931. The summed E-state index contributed by atoms with van der Waals surface area (Å²) in [6.07, 6.45) is 0.218. The molecule has 0 aliphatic carbocycles. The van der Waals surface area contributed by atoms with Crippen molar-refractivity contribution in [1.29, 1.82) is 0 Å². The number of nitrogens with one attached hydrogen (secondary N) is 1. The second kappa shape index (κ2) is 9.22. The molecule has 29 heavy (non-hydrogen) atoms. The number of para-hydroxylation sites is 1. The monoisotopic (exact) mass is 440 g/mol. The molecule has 0 radical (unpaired) electrons. The maximum Gasteiger partial charge on any atom is 0.230 e. The van der Waals surface area contributed by atoms with Crippen LogP contribution in [0.1, 0.15) is 10.7 Å². The van der Waals surface area contributed by atoms with Crippen molar-refractivity contribution < 1.29 is 9.53 Å². The third-order valence-electron chi connectivity index (χ3n) is 4.10. The fraction of sp³-hybridized carbons (Fsp3) is 0.0909. The fourth-order valence-electron chi connectivity index (χ4n) is 2.77. The molecule has 4 rings (SSSR count). The topological polar surface area (TPSA) is 51.2 Å². The number of anilines is 1. The number of rotatable bonds is 7. The standard InChI is InChI=1S/C22H17ClN2O2S2/c23-15-7-9-17(10-8-15)27-13-22-24-16(14-29-22)12-21(26)25-19-5-2-1-4-18(19)20-6-3-11-28-20/h1-11,14H,12-13H2,(H,25,26). The van der Waals surface area contributed by atoms with Crippen LogP contribution in [0.25, 0.3) is 10.4 Å². The summed E-state index contributed by atoms with van der Waals surface area (Å²) < 4.78 is 5.71. The third kappa shape index (κ3) is 5.23. The van der Waals surface area contributed by atoms with Crippen LogP contribution in [-0.4, -0.2) is 10.9 Å². The van der Waals surface area contributed by atoms with E-state index in [4.69, 9.17) is 16.3 Å². The van der Waals surface area contributed by atoms with E-state index >= 15 is 0 Å². The van der Waals surface area contributed by atoms with Crippen molar-refractivity contribution in [1.82, 2.24) is 4.98 Å². The predicted molar refractivity (Wildman–Crippen MR) is 120 cm³/mol. The van der Waals surface area contributed by atoms with E-state index in [0.29, 0.717) is 11.6 Å². The highest BCUT2D eigenvalue weighted by molar-refractivity contribution is 7.13. The zero-order chi connectivity index (χ0) is 20.1. The maximum absolute atomic E-state index is 12.5. The summed E-state index contributed by atoms with van der Waals surface area (Å²) in [4.78, 5) is 18.2. The highest BCUT2D eigenvalue weighted by Gasteiger charge is 2.12. The maximum atomic E-state index is 12.5. The molecule has 0 aliphatic heterocycles. The molecule has 2 heterocycles. The van der Waals surface area contributed by atoms with E-state index in [1.54, 1.807) is 23.5 Å². The first-order valence-corrected chi connectivity index (χ1v) is 11.1. The Morgan fingerprint density at radius 3 is 2.66 bits per heavy atom. The summed E-state index contributed by atoms with van der Waals surface area (Å²) in [5.41, 5.74) is 2.56. The SMILES string of the molecule is O=C(Cc1csc(COc2ccc(Cl)cc2)n1)Nc1ccccc1-c1cccs1. The summed E-state index contributed by atoms with van der Waals surface area (Å²) in [5, 5.41) is 8.42. The van der Waals surface area contributed by atoms with Crippen LogP contribution >= 0.6 is 34.3 Å². The van der Waals surface area contributed by atoms with Gasteiger partial charge in [-0.2, -0.15) is 0 Å². The van der Waals surface area contributed by atoms with Crippen molar-refractivity contribution in [2.45, 2.75) is 13.0 Å². The molecule has 2 aromatic heterocycles. The van der Waals surface area contributed by atoms with E-state index in [9.17, 15) is 4.79 Å². The molecule has 146 valence electrons. The Morgan fingerprint density at radius 2 is 1.86 bits per heavy atom. The summed E-state index contributed by atoms with van der Waals surface area (Å²) in [6.45, 7) is 0.356. The lowest BCUT2D eigenvalue weighted by atomic mass is 10.1. The molecule has 0 fully saturated rings. The highest BCUT2D eigenvalue weighted by atomic mass is 35.5. The fourth-order valence-corrected chi connectivity index (χ4v) is 4.37. The molecule has 1 amide bonds. The molecule has 0 bridgehead atoms. The number of aromatic nitrogens is 1. The number of hydrogen-bond donors (Lipinski definition) is 1. The van der Waals surface area contributed by atoms with E-state index in [2.05, 4.69) is 10.3 Å². The molecule has 0 unspecified atom stereocenters. The number of halogens is 1. The van der Waals surface area contributed by atoms with Crippen LogP contribution in [0.4, 0.5) is 5.69 Å². The van der Waals surface area contributed by atoms with Crippen LogP contribution < -0.4 is 10.1 Å². The second-order valence-corrected chi connectivity index (χ2v) is 8.55. The molecule has 4 aromatic rings. The third-order valence-corrected chi connectivity index (χ3v) is 6.13. The lowest BCUT2D eigenvalue weighted by Gasteiger charge is -2.09. The Labute approximate surface area is 181 Å². The molecule has 7 heteroatoms. The van der Waals surface area contributed by atoms with E-state index in [0.717, 1.165) is 32.6 Å². The van der Waals surface area contributed by atoms with E-state index in [-0.39, 0.29) is 12.3 Å². The number of carbonyl (C=O) groups excluding carboxylic acids is 1. The number of thiazole rings is 1. The molecule has 0 spiro atoms. The molecule has 2 aromatic carbocycles. The number of hydrogen-bond acceptors (Lipinski definition) is 5. The molecule has 0 atom stereocenters. The van der Waals surface area contributed by atoms with Gasteiger partial charge in [0.1, 0.15) is 17.4 Å². The van der Waals surface area contributed by atoms with Gasteiger partial charge >= 0.3 is 0 Å². The number of nitrogens with zero attached hydrogens (tertiary/aromatic N) is 1. The summed E-state index contributed by atoms with van der Waals surface area (Å²) >= 11 is 9.00. The highest BCUT2D eigenvalue weighted by Crippen LogP contribution is 2.31. The Balaban J connectivity index is 1.36. The van der Waals surface area contributed by atoms with E-state index < -0.39 is 0 Å². The first kappa shape index (κ1) is 19.6. The van der Waals surface area contributed by atoms with Gasteiger partial charge in [0.2, 0.25) is 5.91 Å². The minimum Gasteiger partial charge on any atom is -0.486 e. The van der Waals surface area contributed by atoms with Gasteiger partial charge in [0.05, 0.1) is 12.1 Å². The number of ether oxygens (including phenoxy) is 1. The second-order valence-electron chi connectivity index (χ2n) is 6.22. The summed E-state index contributed by atoms with van der Waals surface area (Å²) in [7, 11) is 0. The first-order valence-electron chi connectivity index (χ1n) is 8.92. The Kier molecular flexibility index (Phi) is 6.24. The number of carbonyl (C=O) groups is 1. The molecular formula is C22H17ClN2O2S2. The van der Waals surface area contributed by atoms with Gasteiger partial charge in [-0.1, -0.05) is 35.9 Å². The quantitative estimate of drug-likeness (QED) is 0.367. The predicted octanol–water partition coefficient (Wildman–Crippen LogP) is 6.29. The Hall–Kier alpha value is -2.67. The van der Waals surface area contributed by atoms with Gasteiger partial charge in [-0.3, -0.25) is 4.79 Å². The summed E-state index contributed by atoms with van der Waals surface area (Å²) in [6, 6.07) is 19.1. The lowest BCUT2D eigenvalue weighted by molar-refractivity contribution is -0.115. The molecule has 0 saturated carbocycles. The average Bonchev–Trinajstić information content (AvgIpc) is 3.40. The van der Waals surface area contributed by atoms with Gasteiger partial charge in [0, 0.05) is 26.5 Å². The molecular weight excluding hydrogens is 424 g/mol. The van der Waals surface area contributed by atoms with Crippen LogP contribution in [0.15, 0.2) is 71.4 Å². The van der Waals surface area contributed by atoms with Crippen LogP contribution in [0.2, 0.25) is 5.02 Å². The van der Waals surface area contributed by atoms with Crippen molar-refractivity contribution in [2.24, 2.45) is 0 Å². The van der Waals surface area contributed by atoms with Crippen LogP contribution in [0.3, 0.4) is 0 Å². The largest absolute Gasteiger partial charge is 0.486 e. The van der Waals surface area contributed by atoms with Crippen molar-refractivity contribution in [2.75, 3.05) is 5.32 Å². The number of thiophene rings is 1. The number of amides is 1. The van der Waals surface area contributed by atoms with Gasteiger partial charge in [-0.15, -0.1) is 22.7 Å². The lowest BCUT2D eigenvalue weighted by Crippen LogP contribution is -2.15. The molecule has 1 N–H and O–H groups in total. The Morgan fingerprint density at radius 1 is 1.03 bits per heavy atom. The zero-order valence-corrected chi connectivity index (χ0v) is 17.7. The van der Waals surface area contributed by atoms with Gasteiger partial charge in [0.15, 0.2) is 0 Å². The smallest absolute Gasteiger partial charge is 0.230 e. The van der Waals surface area contributed by atoms with Crippen molar-refractivity contribution in [3.05, 3.63) is 87.1 Å². The summed E-state index contributed by atoms with van der Waals surface area (Å²) in [5.74, 6) is 0.638. The average molecular weight is 441 g/mol. The van der Waals surface area contributed by atoms with Crippen molar-refractivity contribution >= 4 is 45.9 Å². The van der Waals surface area contributed by atoms with Crippen LogP contribution in [0.5, 0.6) is 5.75 Å². The molecule has 0 aliphatic rings.